The molecule has 5 nitrogen and oxygen atoms in total. The van der Waals surface area contributed by atoms with Crippen LogP contribution in [-0.4, -0.2) is 22.7 Å². The minimum absolute atomic E-state index is 0.184. The van der Waals surface area contributed by atoms with Crippen molar-refractivity contribution in [2.45, 2.75) is 15.9 Å². The van der Waals surface area contributed by atoms with Gasteiger partial charge in [0.15, 0.2) is 0 Å². The van der Waals surface area contributed by atoms with Gasteiger partial charge in [0.05, 0.1) is 7.11 Å². The van der Waals surface area contributed by atoms with Crippen LogP contribution in [-0.2, 0) is 0 Å². The van der Waals surface area contributed by atoms with Crippen LogP contribution in [0, 0.1) is 20.8 Å². The van der Waals surface area contributed by atoms with Crippen molar-refractivity contribution in [2.24, 2.45) is 0 Å². The van der Waals surface area contributed by atoms with Crippen LogP contribution in [0.3, 0.4) is 0 Å². The average molecular weight is 282 g/mol. The molecule has 0 bridgehead atoms. The molecular weight excluding hydrogens is 272 g/mol. The van der Waals surface area contributed by atoms with E-state index in [0.717, 1.165) is 23.1 Å². The van der Waals surface area contributed by atoms with Gasteiger partial charge in [-0.05, 0) is 29.5 Å². The van der Waals surface area contributed by atoms with Gasteiger partial charge in [0, 0.05) is 4.92 Å². The van der Waals surface area contributed by atoms with Gasteiger partial charge in [0.2, 0.25) is 0 Å². The normalized spacial score (nSPS) is 25.9. The van der Waals surface area contributed by atoms with Crippen LogP contribution in [0.1, 0.15) is 10.8 Å². The number of nitro groups is 1. The predicted octanol–water partition coefficient (Wildman–Crippen LogP) is 2.67. The Hall–Kier alpha value is -1.39. The minimum Gasteiger partial charge on any atom is -0.497 e. The molecule has 0 radical (unpaired) electrons. The Bertz CT molecular complexity index is 486. The molecular formula is C11H10N2O3S2. The third-order valence-corrected chi connectivity index (χ3v) is 5.36. The molecule has 3 atom stereocenters. The second-order valence-electron chi connectivity index (χ2n) is 3.68. The van der Waals surface area contributed by atoms with Crippen LogP contribution in [0.25, 0.3) is 0 Å². The zero-order valence-corrected chi connectivity index (χ0v) is 11.1. The standard InChI is InChI=1S/C11H10N2O3S2/c1-16-8-4-2-7(3-5-8)10-9(13(14)15)11(18-10)17-6-12/h2-5,9-11H,1H3/t9-,10-,11-/m1/s1. The summed E-state index contributed by atoms with van der Waals surface area (Å²) in [6.45, 7) is 0. The number of thioether (sulfide) groups is 2. The van der Waals surface area contributed by atoms with Gasteiger partial charge in [-0.3, -0.25) is 10.1 Å². The van der Waals surface area contributed by atoms with E-state index in [2.05, 4.69) is 0 Å². The topological polar surface area (TPSA) is 76.2 Å². The summed E-state index contributed by atoms with van der Waals surface area (Å²) in [5.41, 5.74) is 0.900. The number of rotatable bonds is 4. The van der Waals surface area contributed by atoms with Crippen molar-refractivity contribution in [1.82, 2.24) is 0 Å². The fourth-order valence-corrected chi connectivity index (χ4v) is 4.26. The molecule has 7 heteroatoms. The third kappa shape index (κ3) is 2.40. The molecule has 0 amide bonds. The number of thiocyanates is 1. The third-order valence-electron chi connectivity index (χ3n) is 2.73. The van der Waals surface area contributed by atoms with E-state index in [1.165, 1.54) is 11.8 Å². The lowest BCUT2D eigenvalue weighted by Crippen LogP contribution is -2.43. The van der Waals surface area contributed by atoms with Crippen molar-refractivity contribution in [2.75, 3.05) is 7.11 Å². The van der Waals surface area contributed by atoms with E-state index in [1.54, 1.807) is 19.2 Å². The molecule has 2 rings (SSSR count). The highest BCUT2D eigenvalue weighted by Crippen LogP contribution is 2.54. The molecule has 0 N–H and O–H groups in total. The Kier molecular flexibility index (Phi) is 3.99. The lowest BCUT2D eigenvalue weighted by Gasteiger charge is -2.35. The fourth-order valence-electron chi connectivity index (χ4n) is 1.79. The first-order valence-corrected chi connectivity index (χ1v) is 6.97. The van der Waals surface area contributed by atoms with Gasteiger partial charge < -0.3 is 4.74 Å². The smallest absolute Gasteiger partial charge is 0.250 e. The maximum atomic E-state index is 11.0. The Labute approximate surface area is 113 Å². The Morgan fingerprint density at radius 3 is 2.67 bits per heavy atom. The van der Waals surface area contributed by atoms with E-state index in [9.17, 15) is 10.1 Å². The number of benzene rings is 1. The van der Waals surface area contributed by atoms with E-state index >= 15 is 0 Å². The second kappa shape index (κ2) is 5.50. The van der Waals surface area contributed by atoms with Crippen LogP contribution < -0.4 is 4.74 Å². The van der Waals surface area contributed by atoms with Crippen LogP contribution in [0.4, 0.5) is 0 Å². The second-order valence-corrected chi connectivity index (χ2v) is 6.20. The Morgan fingerprint density at radius 2 is 2.17 bits per heavy atom. The first kappa shape index (κ1) is 13.1. The van der Waals surface area contributed by atoms with Crippen molar-refractivity contribution >= 4 is 23.5 Å². The molecule has 1 fully saturated rings. The van der Waals surface area contributed by atoms with Crippen molar-refractivity contribution in [3.05, 3.63) is 39.9 Å². The SMILES string of the molecule is COc1ccc([C@H]2S[C@@H](SC#N)[C@@H]2[N+](=O)[O-])cc1. The van der Waals surface area contributed by atoms with E-state index < -0.39 is 6.04 Å². The molecule has 0 spiro atoms. The van der Waals surface area contributed by atoms with Gasteiger partial charge in [0.25, 0.3) is 6.04 Å². The van der Waals surface area contributed by atoms with Gasteiger partial charge >= 0.3 is 0 Å². The molecule has 0 unspecified atom stereocenters. The molecule has 1 aromatic rings. The van der Waals surface area contributed by atoms with E-state index in [1.807, 2.05) is 17.5 Å². The summed E-state index contributed by atoms with van der Waals surface area (Å²) in [7, 11) is 1.58. The van der Waals surface area contributed by atoms with Gasteiger partial charge in [0.1, 0.15) is 21.0 Å². The van der Waals surface area contributed by atoms with Crippen LogP contribution in [0.15, 0.2) is 24.3 Å². The molecule has 0 aromatic heterocycles. The summed E-state index contributed by atoms with van der Waals surface area (Å²) in [5, 5.41) is 21.3. The summed E-state index contributed by atoms with van der Waals surface area (Å²) >= 11 is 2.42. The van der Waals surface area contributed by atoms with Crippen molar-refractivity contribution in [3.63, 3.8) is 0 Å². The fraction of sp³-hybridized carbons (Fsp3) is 0.364. The summed E-state index contributed by atoms with van der Waals surface area (Å²) in [5.74, 6) is 0.726. The van der Waals surface area contributed by atoms with E-state index in [4.69, 9.17) is 10.00 Å². The number of nitrogens with zero attached hydrogens (tertiary/aromatic N) is 2. The van der Waals surface area contributed by atoms with Gasteiger partial charge in [-0.25, -0.2) is 0 Å². The molecule has 1 saturated heterocycles. The number of hydrogen-bond acceptors (Lipinski definition) is 6. The molecule has 0 aliphatic carbocycles. The van der Waals surface area contributed by atoms with Gasteiger partial charge in [-0.15, -0.1) is 11.8 Å². The van der Waals surface area contributed by atoms with Gasteiger partial charge in [-0.1, -0.05) is 12.1 Å². The quantitative estimate of drug-likeness (QED) is 0.480. The zero-order valence-electron chi connectivity index (χ0n) is 9.48. The van der Waals surface area contributed by atoms with E-state index in [-0.39, 0.29) is 14.8 Å². The number of methoxy groups -OCH3 is 1. The zero-order chi connectivity index (χ0) is 13.1. The molecule has 94 valence electrons. The van der Waals surface area contributed by atoms with Crippen LogP contribution in [0.5, 0.6) is 5.75 Å². The first-order chi connectivity index (χ1) is 8.67. The highest BCUT2D eigenvalue weighted by molar-refractivity contribution is 8.20. The summed E-state index contributed by atoms with van der Waals surface area (Å²) in [6, 6.07) is 6.54. The number of nitriles is 1. The monoisotopic (exact) mass is 282 g/mol. The molecule has 1 aromatic carbocycles. The van der Waals surface area contributed by atoms with Crippen molar-refractivity contribution in [1.29, 1.82) is 5.26 Å². The highest BCUT2D eigenvalue weighted by Gasteiger charge is 2.52. The maximum absolute atomic E-state index is 11.0. The largest absolute Gasteiger partial charge is 0.497 e. The molecule has 1 heterocycles. The summed E-state index contributed by atoms with van der Waals surface area (Å²) in [4.78, 5) is 10.7. The van der Waals surface area contributed by atoms with Crippen LogP contribution >= 0.6 is 23.5 Å². The molecule has 0 saturated carbocycles. The van der Waals surface area contributed by atoms with Gasteiger partial charge in [-0.2, -0.15) is 5.26 Å². The predicted molar refractivity (Wildman–Crippen MR) is 71.1 cm³/mol. The number of ether oxygens (including phenoxy) is 1. The summed E-state index contributed by atoms with van der Waals surface area (Å²) in [6.07, 6.45) is 0. The lowest BCUT2D eigenvalue weighted by atomic mass is 10.1. The van der Waals surface area contributed by atoms with Crippen molar-refractivity contribution < 1.29 is 9.66 Å². The van der Waals surface area contributed by atoms with Crippen LogP contribution in [0.2, 0.25) is 0 Å². The molecule has 1 aliphatic heterocycles. The average Bonchev–Trinajstić information content (AvgIpc) is 2.33. The molecule has 1 aliphatic rings. The van der Waals surface area contributed by atoms with Crippen molar-refractivity contribution in [3.8, 4) is 11.2 Å². The lowest BCUT2D eigenvalue weighted by molar-refractivity contribution is -0.522. The van der Waals surface area contributed by atoms with E-state index in [0.29, 0.717) is 0 Å². The Morgan fingerprint density at radius 1 is 1.50 bits per heavy atom. The summed E-state index contributed by atoms with van der Waals surface area (Å²) < 4.78 is 4.77. The highest BCUT2D eigenvalue weighted by atomic mass is 32.2. The Balaban J connectivity index is 2.14. The maximum Gasteiger partial charge on any atom is 0.250 e. The first-order valence-electron chi connectivity index (χ1n) is 5.15. The number of hydrogen-bond donors (Lipinski definition) is 0. The molecule has 18 heavy (non-hydrogen) atoms. The minimum atomic E-state index is -0.701.